The van der Waals surface area contributed by atoms with Crippen LogP contribution in [-0.2, 0) is 12.2 Å². The summed E-state index contributed by atoms with van der Waals surface area (Å²) in [5, 5.41) is 3.19. The normalized spacial score (nSPS) is 10.4. The van der Waals surface area contributed by atoms with Crippen molar-refractivity contribution in [3.63, 3.8) is 0 Å². The Balaban J connectivity index is 2.08. The van der Waals surface area contributed by atoms with Crippen LogP contribution in [0.5, 0.6) is 5.75 Å². The number of nitrogens with zero attached hydrogens (tertiary/aromatic N) is 1. The van der Waals surface area contributed by atoms with Crippen LogP contribution in [0.3, 0.4) is 0 Å². The van der Waals surface area contributed by atoms with Crippen molar-refractivity contribution in [1.82, 2.24) is 4.98 Å². The Labute approximate surface area is 105 Å². The zero-order valence-electron chi connectivity index (χ0n) is 9.01. The van der Waals surface area contributed by atoms with E-state index in [9.17, 15) is 0 Å². The van der Waals surface area contributed by atoms with Crippen molar-refractivity contribution in [1.29, 1.82) is 0 Å². The van der Waals surface area contributed by atoms with Gasteiger partial charge in [-0.1, -0.05) is 12.1 Å². The fourth-order valence-electron chi connectivity index (χ4n) is 1.42. The molecule has 84 valence electrons. The first-order valence-electron chi connectivity index (χ1n) is 4.99. The van der Waals surface area contributed by atoms with Crippen molar-refractivity contribution in [2.24, 2.45) is 0 Å². The molecule has 0 saturated heterocycles. The van der Waals surface area contributed by atoms with Crippen LogP contribution in [0.1, 0.15) is 16.3 Å². The highest BCUT2D eigenvalue weighted by Crippen LogP contribution is 2.18. The van der Waals surface area contributed by atoms with E-state index in [1.807, 2.05) is 12.1 Å². The number of methoxy groups -OCH3 is 1. The van der Waals surface area contributed by atoms with Crippen LogP contribution < -0.4 is 4.74 Å². The highest BCUT2D eigenvalue weighted by molar-refractivity contribution is 7.79. The maximum Gasteiger partial charge on any atom is 0.118 e. The first-order chi connectivity index (χ1) is 7.81. The lowest BCUT2D eigenvalue weighted by Crippen LogP contribution is -1.89. The van der Waals surface area contributed by atoms with E-state index in [1.54, 1.807) is 18.4 Å². The van der Waals surface area contributed by atoms with Crippen LogP contribution >= 0.6 is 24.0 Å². The summed E-state index contributed by atoms with van der Waals surface area (Å²) in [6.45, 7) is 0. The molecule has 16 heavy (non-hydrogen) atoms. The molecule has 0 aliphatic carbocycles. The Kier molecular flexibility index (Phi) is 3.85. The van der Waals surface area contributed by atoms with Crippen molar-refractivity contribution in [2.75, 3.05) is 7.11 Å². The monoisotopic (exact) mass is 251 g/mol. The summed E-state index contributed by atoms with van der Waals surface area (Å²) >= 11 is 5.89. The van der Waals surface area contributed by atoms with E-state index in [2.05, 4.69) is 35.1 Å². The average molecular weight is 251 g/mol. The molecule has 0 atom stereocenters. The molecule has 0 aliphatic rings. The Morgan fingerprint density at radius 3 is 2.62 bits per heavy atom. The summed E-state index contributed by atoms with van der Waals surface area (Å²) in [5.74, 6) is 1.60. The fraction of sp³-hybridized carbons (Fsp3) is 0.250. The van der Waals surface area contributed by atoms with Crippen LogP contribution in [0.4, 0.5) is 0 Å². The van der Waals surface area contributed by atoms with Crippen molar-refractivity contribution in [3.05, 3.63) is 45.9 Å². The maximum absolute atomic E-state index is 5.12. The minimum absolute atomic E-state index is 0.707. The smallest absolute Gasteiger partial charge is 0.118 e. The van der Waals surface area contributed by atoms with E-state index in [0.29, 0.717) is 5.75 Å². The Morgan fingerprint density at radius 1 is 1.31 bits per heavy atom. The number of hydrogen-bond acceptors (Lipinski definition) is 4. The largest absolute Gasteiger partial charge is 0.497 e. The van der Waals surface area contributed by atoms with Crippen LogP contribution in [0, 0.1) is 0 Å². The van der Waals surface area contributed by atoms with Gasteiger partial charge < -0.3 is 4.74 Å². The van der Waals surface area contributed by atoms with Gasteiger partial charge in [-0.15, -0.1) is 11.3 Å². The van der Waals surface area contributed by atoms with E-state index in [4.69, 9.17) is 4.74 Å². The van der Waals surface area contributed by atoms with Crippen molar-refractivity contribution in [3.8, 4) is 5.75 Å². The van der Waals surface area contributed by atoms with Crippen LogP contribution in [0.15, 0.2) is 29.6 Å². The van der Waals surface area contributed by atoms with Crippen molar-refractivity contribution >= 4 is 24.0 Å². The highest BCUT2D eigenvalue weighted by atomic mass is 32.1. The molecule has 1 heterocycles. The summed E-state index contributed by atoms with van der Waals surface area (Å²) < 4.78 is 5.12. The summed E-state index contributed by atoms with van der Waals surface area (Å²) in [6, 6.07) is 8.09. The molecule has 0 fully saturated rings. The molecule has 0 aliphatic heterocycles. The first kappa shape index (κ1) is 11.5. The van der Waals surface area contributed by atoms with Gasteiger partial charge in [0.05, 0.1) is 17.8 Å². The molecule has 0 spiro atoms. The Bertz CT molecular complexity index is 450. The van der Waals surface area contributed by atoms with Gasteiger partial charge in [-0.05, 0) is 17.7 Å². The summed E-state index contributed by atoms with van der Waals surface area (Å²) in [4.78, 5) is 4.48. The standard InChI is InChI=1S/C12H13NOS2/c1-14-11-4-2-9(3-5-11)6-12-13-10(7-15)8-16-12/h2-5,8,15H,6-7H2,1H3. The molecular weight excluding hydrogens is 238 g/mol. The predicted molar refractivity (Wildman–Crippen MR) is 70.6 cm³/mol. The van der Waals surface area contributed by atoms with Gasteiger partial charge in [-0.25, -0.2) is 4.98 Å². The van der Waals surface area contributed by atoms with Crippen LogP contribution in [0.2, 0.25) is 0 Å². The number of rotatable bonds is 4. The van der Waals surface area contributed by atoms with Crippen molar-refractivity contribution in [2.45, 2.75) is 12.2 Å². The second-order valence-electron chi connectivity index (χ2n) is 3.42. The van der Waals surface area contributed by atoms with Gasteiger partial charge >= 0.3 is 0 Å². The van der Waals surface area contributed by atoms with E-state index in [1.165, 1.54) is 5.56 Å². The molecule has 0 N–H and O–H groups in total. The molecule has 0 amide bonds. The lowest BCUT2D eigenvalue weighted by atomic mass is 10.1. The number of ether oxygens (including phenoxy) is 1. The van der Waals surface area contributed by atoms with Crippen molar-refractivity contribution < 1.29 is 4.74 Å². The number of thiazole rings is 1. The molecule has 4 heteroatoms. The first-order valence-corrected chi connectivity index (χ1v) is 6.50. The zero-order chi connectivity index (χ0) is 11.4. The number of hydrogen-bond donors (Lipinski definition) is 1. The molecule has 0 bridgehead atoms. The molecule has 2 rings (SSSR count). The SMILES string of the molecule is COc1ccc(Cc2nc(CS)cs2)cc1. The number of aromatic nitrogens is 1. The molecule has 2 nitrogen and oxygen atoms in total. The molecular formula is C12H13NOS2. The lowest BCUT2D eigenvalue weighted by molar-refractivity contribution is 0.414. The quantitative estimate of drug-likeness (QED) is 0.843. The number of thiol groups is 1. The third-order valence-corrected chi connectivity index (χ3v) is 3.50. The van der Waals surface area contributed by atoms with Gasteiger partial charge in [0.1, 0.15) is 5.75 Å². The minimum Gasteiger partial charge on any atom is -0.497 e. The van der Waals surface area contributed by atoms with E-state index >= 15 is 0 Å². The minimum atomic E-state index is 0.707. The summed E-state index contributed by atoms with van der Waals surface area (Å²) in [5.41, 5.74) is 2.30. The molecule has 0 radical (unpaired) electrons. The zero-order valence-corrected chi connectivity index (χ0v) is 10.7. The van der Waals surface area contributed by atoms with Crippen LogP contribution in [-0.4, -0.2) is 12.1 Å². The third kappa shape index (κ3) is 2.77. The van der Waals surface area contributed by atoms with Gasteiger partial charge in [0.15, 0.2) is 0 Å². The second-order valence-corrected chi connectivity index (χ2v) is 4.67. The maximum atomic E-state index is 5.12. The van der Waals surface area contributed by atoms with E-state index in [-0.39, 0.29) is 0 Å². The number of benzene rings is 1. The summed E-state index contributed by atoms with van der Waals surface area (Å²) in [7, 11) is 1.68. The van der Waals surface area contributed by atoms with Gasteiger partial charge in [-0.2, -0.15) is 12.6 Å². The fourth-order valence-corrected chi connectivity index (χ4v) is 2.53. The Hall–Kier alpha value is -1.00. The van der Waals surface area contributed by atoms with Crippen LogP contribution in [0.25, 0.3) is 0 Å². The predicted octanol–water partition coefficient (Wildman–Crippen LogP) is 3.17. The van der Waals surface area contributed by atoms with E-state index in [0.717, 1.165) is 22.9 Å². The van der Waals surface area contributed by atoms with E-state index < -0.39 is 0 Å². The average Bonchev–Trinajstić information content (AvgIpc) is 2.78. The molecule has 1 aromatic heterocycles. The molecule has 0 unspecified atom stereocenters. The van der Waals surface area contributed by atoms with Gasteiger partial charge in [0, 0.05) is 17.6 Å². The summed E-state index contributed by atoms with van der Waals surface area (Å²) in [6.07, 6.45) is 0.877. The lowest BCUT2D eigenvalue weighted by Gasteiger charge is -2.01. The third-order valence-electron chi connectivity index (χ3n) is 2.28. The molecule has 0 saturated carbocycles. The molecule has 1 aromatic carbocycles. The topological polar surface area (TPSA) is 22.1 Å². The van der Waals surface area contributed by atoms with Gasteiger partial charge in [0.2, 0.25) is 0 Å². The van der Waals surface area contributed by atoms with Gasteiger partial charge in [-0.3, -0.25) is 0 Å². The van der Waals surface area contributed by atoms with Gasteiger partial charge in [0.25, 0.3) is 0 Å². The molecule has 2 aromatic rings. The Morgan fingerprint density at radius 2 is 2.06 bits per heavy atom. The highest BCUT2D eigenvalue weighted by Gasteiger charge is 2.02. The second kappa shape index (κ2) is 5.37.